The van der Waals surface area contributed by atoms with E-state index in [0.717, 1.165) is 3.57 Å². The Kier molecular flexibility index (Phi) is 3.86. The van der Waals surface area contributed by atoms with Gasteiger partial charge in [0, 0.05) is 14.7 Å². The molecular formula is C15H9ClFIN2O. The Morgan fingerprint density at radius 2 is 1.95 bits per heavy atom. The number of hydrogen-bond acceptors (Lipinski definition) is 3. The average Bonchev–Trinajstić information content (AvgIpc) is 2.84. The second-order valence-electron chi connectivity index (χ2n) is 4.38. The number of rotatable bonds is 2. The van der Waals surface area contributed by atoms with Crippen molar-refractivity contribution in [3.8, 4) is 22.5 Å². The van der Waals surface area contributed by atoms with Crippen LogP contribution in [0.3, 0.4) is 0 Å². The van der Waals surface area contributed by atoms with Gasteiger partial charge in [0.1, 0.15) is 5.82 Å². The first-order valence-corrected chi connectivity index (χ1v) is 7.49. The Bertz CT molecular complexity index is 819. The molecule has 3 rings (SSSR count). The van der Waals surface area contributed by atoms with Crippen molar-refractivity contribution >= 4 is 40.0 Å². The molecule has 0 spiro atoms. The third-order valence-electron chi connectivity index (χ3n) is 3.04. The number of anilines is 1. The Morgan fingerprint density at radius 3 is 2.67 bits per heavy atom. The lowest BCUT2D eigenvalue weighted by atomic mass is 10.0. The minimum atomic E-state index is -0.384. The fourth-order valence-electron chi connectivity index (χ4n) is 2.06. The summed E-state index contributed by atoms with van der Waals surface area (Å²) in [7, 11) is 0. The summed E-state index contributed by atoms with van der Waals surface area (Å²) in [4.78, 5) is 0. The SMILES string of the molecule is Nc1noc(-c2ccc(I)c(Cl)c2)c1-c1ccccc1F. The summed E-state index contributed by atoms with van der Waals surface area (Å²) in [6.07, 6.45) is 0. The summed E-state index contributed by atoms with van der Waals surface area (Å²) < 4.78 is 20.2. The van der Waals surface area contributed by atoms with E-state index in [1.54, 1.807) is 24.3 Å². The van der Waals surface area contributed by atoms with Crippen LogP contribution in [-0.4, -0.2) is 5.16 Å². The van der Waals surface area contributed by atoms with Crippen LogP contribution in [0.2, 0.25) is 5.02 Å². The van der Waals surface area contributed by atoms with Gasteiger partial charge in [0.25, 0.3) is 0 Å². The quantitative estimate of drug-likeness (QED) is 0.601. The minimum absolute atomic E-state index is 0.143. The Balaban J connectivity index is 2.22. The van der Waals surface area contributed by atoms with Crippen LogP contribution >= 0.6 is 34.2 Å². The van der Waals surface area contributed by atoms with Gasteiger partial charge in [-0.25, -0.2) is 4.39 Å². The van der Waals surface area contributed by atoms with Crippen LogP contribution in [0.5, 0.6) is 0 Å². The lowest BCUT2D eigenvalue weighted by Gasteiger charge is -2.05. The molecule has 0 amide bonds. The molecule has 0 aliphatic rings. The van der Waals surface area contributed by atoms with Crippen molar-refractivity contribution < 1.29 is 8.91 Å². The molecule has 6 heteroatoms. The summed E-state index contributed by atoms with van der Waals surface area (Å²) in [6.45, 7) is 0. The molecular weight excluding hydrogens is 406 g/mol. The maximum Gasteiger partial charge on any atom is 0.177 e. The van der Waals surface area contributed by atoms with Gasteiger partial charge in [-0.15, -0.1) is 0 Å². The second-order valence-corrected chi connectivity index (χ2v) is 5.95. The van der Waals surface area contributed by atoms with Gasteiger partial charge in [0.2, 0.25) is 0 Å². The molecule has 0 saturated carbocycles. The van der Waals surface area contributed by atoms with Crippen molar-refractivity contribution in [3.05, 3.63) is 56.9 Å². The summed E-state index contributed by atoms with van der Waals surface area (Å²) in [5, 5.41) is 4.34. The molecule has 0 fully saturated rings. The molecule has 0 atom stereocenters. The number of aromatic nitrogens is 1. The highest BCUT2D eigenvalue weighted by Crippen LogP contribution is 2.38. The number of nitrogens with zero attached hydrogens (tertiary/aromatic N) is 1. The number of hydrogen-bond donors (Lipinski definition) is 1. The smallest absolute Gasteiger partial charge is 0.177 e. The molecule has 0 unspecified atom stereocenters. The van der Waals surface area contributed by atoms with Crippen LogP contribution < -0.4 is 5.73 Å². The van der Waals surface area contributed by atoms with Gasteiger partial charge in [-0.2, -0.15) is 0 Å². The molecule has 3 aromatic rings. The van der Waals surface area contributed by atoms with Crippen molar-refractivity contribution in [3.63, 3.8) is 0 Å². The number of benzene rings is 2. The highest BCUT2D eigenvalue weighted by atomic mass is 127. The van der Waals surface area contributed by atoms with Crippen molar-refractivity contribution in [2.75, 3.05) is 5.73 Å². The molecule has 0 aliphatic carbocycles. The Hall–Kier alpha value is -1.60. The van der Waals surface area contributed by atoms with E-state index in [1.165, 1.54) is 6.07 Å². The molecule has 106 valence electrons. The molecule has 0 radical (unpaired) electrons. The van der Waals surface area contributed by atoms with Crippen LogP contribution in [0, 0.1) is 9.39 Å². The second kappa shape index (κ2) is 5.65. The summed E-state index contributed by atoms with van der Waals surface area (Å²) >= 11 is 8.25. The average molecular weight is 415 g/mol. The van der Waals surface area contributed by atoms with E-state index >= 15 is 0 Å². The zero-order valence-electron chi connectivity index (χ0n) is 10.6. The maximum absolute atomic E-state index is 14.0. The molecule has 21 heavy (non-hydrogen) atoms. The van der Waals surface area contributed by atoms with E-state index in [-0.39, 0.29) is 11.6 Å². The number of nitrogens with two attached hydrogens (primary N) is 1. The third-order valence-corrected chi connectivity index (χ3v) is 4.62. The zero-order chi connectivity index (χ0) is 15.0. The zero-order valence-corrected chi connectivity index (χ0v) is 13.5. The Morgan fingerprint density at radius 1 is 1.19 bits per heavy atom. The third kappa shape index (κ3) is 2.63. The van der Waals surface area contributed by atoms with Crippen LogP contribution in [0.4, 0.5) is 10.2 Å². The minimum Gasteiger partial charge on any atom is -0.380 e. The first-order valence-electron chi connectivity index (χ1n) is 6.03. The largest absolute Gasteiger partial charge is 0.380 e. The molecule has 2 aromatic carbocycles. The van der Waals surface area contributed by atoms with Gasteiger partial charge in [-0.1, -0.05) is 35.0 Å². The summed E-state index contributed by atoms with van der Waals surface area (Å²) in [6, 6.07) is 11.8. The lowest BCUT2D eigenvalue weighted by molar-refractivity contribution is 0.436. The van der Waals surface area contributed by atoms with E-state index in [0.29, 0.717) is 27.5 Å². The molecule has 0 bridgehead atoms. The monoisotopic (exact) mass is 414 g/mol. The van der Waals surface area contributed by atoms with E-state index in [1.807, 2.05) is 12.1 Å². The van der Waals surface area contributed by atoms with Crippen LogP contribution in [0.15, 0.2) is 47.0 Å². The first-order chi connectivity index (χ1) is 10.1. The van der Waals surface area contributed by atoms with E-state index in [9.17, 15) is 4.39 Å². The first kappa shape index (κ1) is 14.3. The fourth-order valence-corrected chi connectivity index (χ4v) is 2.58. The van der Waals surface area contributed by atoms with Crippen molar-refractivity contribution in [1.82, 2.24) is 5.16 Å². The van der Waals surface area contributed by atoms with Crippen molar-refractivity contribution in [2.24, 2.45) is 0 Å². The van der Waals surface area contributed by atoms with Gasteiger partial charge in [-0.05, 0) is 46.9 Å². The molecule has 1 aromatic heterocycles. The number of nitrogen functional groups attached to an aromatic ring is 1. The van der Waals surface area contributed by atoms with Gasteiger partial charge in [-0.3, -0.25) is 0 Å². The molecule has 0 saturated heterocycles. The predicted octanol–water partition coefficient (Wildman–Crippen LogP) is 4.99. The standard InChI is InChI=1S/C15H9ClFIN2O/c16-10-7-8(5-6-12(10)18)14-13(15(19)20-21-14)9-3-1-2-4-11(9)17/h1-7H,(H2,19,20). The van der Waals surface area contributed by atoms with Gasteiger partial charge >= 0.3 is 0 Å². The fraction of sp³-hybridized carbons (Fsp3) is 0. The van der Waals surface area contributed by atoms with E-state index < -0.39 is 0 Å². The van der Waals surface area contributed by atoms with Gasteiger partial charge in [0.05, 0.1) is 10.6 Å². The molecule has 2 N–H and O–H groups in total. The maximum atomic E-state index is 14.0. The molecule has 3 nitrogen and oxygen atoms in total. The molecule has 0 aliphatic heterocycles. The lowest BCUT2D eigenvalue weighted by Crippen LogP contribution is -1.91. The van der Waals surface area contributed by atoms with Crippen LogP contribution in [-0.2, 0) is 0 Å². The normalized spacial score (nSPS) is 10.8. The van der Waals surface area contributed by atoms with Gasteiger partial charge < -0.3 is 10.3 Å². The topological polar surface area (TPSA) is 52.0 Å². The van der Waals surface area contributed by atoms with Crippen molar-refractivity contribution in [2.45, 2.75) is 0 Å². The highest BCUT2D eigenvalue weighted by molar-refractivity contribution is 14.1. The summed E-state index contributed by atoms with van der Waals surface area (Å²) in [5.74, 6) is 0.158. The molecule has 1 heterocycles. The van der Waals surface area contributed by atoms with Crippen LogP contribution in [0.25, 0.3) is 22.5 Å². The predicted molar refractivity (Wildman–Crippen MR) is 89.5 cm³/mol. The summed E-state index contributed by atoms with van der Waals surface area (Å²) in [5.41, 5.74) is 7.32. The highest BCUT2D eigenvalue weighted by Gasteiger charge is 2.20. The van der Waals surface area contributed by atoms with Crippen molar-refractivity contribution in [1.29, 1.82) is 0 Å². The van der Waals surface area contributed by atoms with E-state index in [4.69, 9.17) is 21.9 Å². The van der Waals surface area contributed by atoms with Crippen LogP contribution in [0.1, 0.15) is 0 Å². The Labute approximate surface area is 139 Å². The van der Waals surface area contributed by atoms with Gasteiger partial charge in [0.15, 0.2) is 11.6 Å². The van der Waals surface area contributed by atoms with E-state index in [2.05, 4.69) is 27.7 Å². The number of halogens is 3.